The van der Waals surface area contributed by atoms with Crippen LogP contribution in [0.1, 0.15) is 27.4 Å². The highest BCUT2D eigenvalue weighted by atomic mass is 32.2. The fourth-order valence-corrected chi connectivity index (χ4v) is 4.11. The molecule has 0 aromatic heterocycles. The molecule has 25 heavy (non-hydrogen) atoms. The number of benzene rings is 2. The number of amides is 1. The van der Waals surface area contributed by atoms with E-state index in [9.17, 15) is 13.2 Å². The standard InChI is InChI=1S/C19H22N2O3S/c1-25(23,24)13-14-6-5-9-16(10-14)19(22)21-11-17(18(20)12-21)15-7-3-2-4-8-15/h2-10,17-18H,11-13,20H2,1H3/t17-,18+/m0/s1. The van der Waals surface area contributed by atoms with Crippen molar-refractivity contribution in [3.63, 3.8) is 0 Å². The van der Waals surface area contributed by atoms with Crippen LogP contribution in [-0.2, 0) is 15.6 Å². The van der Waals surface area contributed by atoms with Crippen LogP contribution in [0.15, 0.2) is 54.6 Å². The summed E-state index contributed by atoms with van der Waals surface area (Å²) in [6, 6.07) is 16.7. The van der Waals surface area contributed by atoms with Gasteiger partial charge < -0.3 is 10.6 Å². The summed E-state index contributed by atoms with van der Waals surface area (Å²) in [6.07, 6.45) is 1.19. The Hall–Kier alpha value is -2.18. The lowest BCUT2D eigenvalue weighted by Gasteiger charge is -2.17. The number of carbonyl (C=O) groups excluding carboxylic acids is 1. The van der Waals surface area contributed by atoms with Crippen molar-refractivity contribution >= 4 is 15.7 Å². The van der Waals surface area contributed by atoms with E-state index >= 15 is 0 Å². The summed E-state index contributed by atoms with van der Waals surface area (Å²) in [7, 11) is -3.14. The molecule has 1 heterocycles. The number of carbonyl (C=O) groups is 1. The van der Waals surface area contributed by atoms with Crippen molar-refractivity contribution in [3.05, 3.63) is 71.3 Å². The van der Waals surface area contributed by atoms with Crippen LogP contribution >= 0.6 is 0 Å². The summed E-state index contributed by atoms with van der Waals surface area (Å²) in [5.74, 6) is -0.0612. The van der Waals surface area contributed by atoms with Crippen LogP contribution in [0, 0.1) is 0 Å². The normalized spacial score (nSPS) is 20.6. The lowest BCUT2D eigenvalue weighted by Crippen LogP contribution is -2.32. The van der Waals surface area contributed by atoms with Gasteiger partial charge in [-0.3, -0.25) is 4.79 Å². The van der Waals surface area contributed by atoms with E-state index in [0.29, 0.717) is 24.2 Å². The van der Waals surface area contributed by atoms with Gasteiger partial charge in [-0.15, -0.1) is 0 Å². The van der Waals surface area contributed by atoms with Crippen LogP contribution in [-0.4, -0.2) is 44.6 Å². The Balaban J connectivity index is 1.77. The van der Waals surface area contributed by atoms with E-state index in [1.165, 1.54) is 6.26 Å². The van der Waals surface area contributed by atoms with Gasteiger partial charge in [-0.25, -0.2) is 8.42 Å². The predicted octanol–water partition coefficient (Wildman–Crippen LogP) is 1.80. The largest absolute Gasteiger partial charge is 0.336 e. The van der Waals surface area contributed by atoms with Gasteiger partial charge in [0.2, 0.25) is 0 Å². The first-order valence-electron chi connectivity index (χ1n) is 8.20. The third-order valence-corrected chi connectivity index (χ3v) is 5.34. The Kier molecular flexibility index (Phi) is 4.92. The molecule has 2 aromatic rings. The van der Waals surface area contributed by atoms with Gasteiger partial charge in [-0.2, -0.15) is 0 Å². The van der Waals surface area contributed by atoms with Crippen LogP contribution < -0.4 is 5.73 Å². The summed E-state index contributed by atoms with van der Waals surface area (Å²) in [6.45, 7) is 1.06. The third-order valence-electron chi connectivity index (χ3n) is 4.48. The quantitative estimate of drug-likeness (QED) is 0.904. The number of sulfone groups is 1. The van der Waals surface area contributed by atoms with E-state index in [1.807, 2.05) is 30.3 Å². The Morgan fingerprint density at radius 1 is 1.12 bits per heavy atom. The molecule has 6 heteroatoms. The first-order chi connectivity index (χ1) is 11.8. The van der Waals surface area contributed by atoms with Gasteiger partial charge in [0.25, 0.3) is 5.91 Å². The third kappa shape index (κ3) is 4.27. The molecule has 0 spiro atoms. The van der Waals surface area contributed by atoms with E-state index in [2.05, 4.69) is 0 Å². The van der Waals surface area contributed by atoms with Gasteiger partial charge in [0.05, 0.1) is 5.75 Å². The van der Waals surface area contributed by atoms with Crippen molar-refractivity contribution < 1.29 is 13.2 Å². The molecule has 0 unspecified atom stereocenters. The molecule has 0 saturated carbocycles. The molecule has 0 bridgehead atoms. The summed E-state index contributed by atoms with van der Waals surface area (Å²) in [5, 5.41) is 0. The van der Waals surface area contributed by atoms with Crippen molar-refractivity contribution in [2.75, 3.05) is 19.3 Å². The molecule has 5 nitrogen and oxygen atoms in total. The number of nitrogens with zero attached hydrogens (tertiary/aromatic N) is 1. The average Bonchev–Trinajstić information content (AvgIpc) is 2.95. The van der Waals surface area contributed by atoms with E-state index < -0.39 is 9.84 Å². The second-order valence-electron chi connectivity index (χ2n) is 6.66. The highest BCUT2D eigenvalue weighted by Crippen LogP contribution is 2.27. The van der Waals surface area contributed by atoms with E-state index in [4.69, 9.17) is 5.73 Å². The van der Waals surface area contributed by atoms with Crippen molar-refractivity contribution in [1.29, 1.82) is 0 Å². The fraction of sp³-hybridized carbons (Fsp3) is 0.316. The number of nitrogens with two attached hydrogens (primary N) is 1. The zero-order valence-corrected chi connectivity index (χ0v) is 14.9. The maximum Gasteiger partial charge on any atom is 0.253 e. The summed E-state index contributed by atoms with van der Waals surface area (Å²) >= 11 is 0. The van der Waals surface area contributed by atoms with Crippen molar-refractivity contribution in [1.82, 2.24) is 4.90 Å². The number of likely N-dealkylation sites (tertiary alicyclic amines) is 1. The molecule has 1 aliphatic heterocycles. The van der Waals surface area contributed by atoms with Gasteiger partial charge in [0.1, 0.15) is 0 Å². The minimum atomic E-state index is -3.14. The Morgan fingerprint density at radius 2 is 1.84 bits per heavy atom. The second kappa shape index (κ2) is 6.98. The van der Waals surface area contributed by atoms with Crippen molar-refractivity contribution in [2.45, 2.75) is 17.7 Å². The van der Waals surface area contributed by atoms with Crippen LogP contribution in [0.2, 0.25) is 0 Å². The molecule has 2 atom stereocenters. The van der Waals surface area contributed by atoms with Crippen LogP contribution in [0.25, 0.3) is 0 Å². The SMILES string of the molecule is CS(=O)(=O)Cc1cccc(C(=O)N2C[C@@H](N)[C@H](c3ccccc3)C2)c1. The molecular formula is C19H22N2O3S. The van der Waals surface area contributed by atoms with Gasteiger partial charge in [-0.1, -0.05) is 42.5 Å². The molecule has 2 N–H and O–H groups in total. The number of hydrogen-bond acceptors (Lipinski definition) is 4. The minimum absolute atomic E-state index is 0.0692. The second-order valence-corrected chi connectivity index (χ2v) is 8.80. The van der Waals surface area contributed by atoms with E-state index in [-0.39, 0.29) is 23.6 Å². The molecular weight excluding hydrogens is 336 g/mol. The first kappa shape index (κ1) is 17.6. The molecule has 2 aromatic carbocycles. The highest BCUT2D eigenvalue weighted by molar-refractivity contribution is 7.89. The Labute approximate surface area is 148 Å². The first-order valence-corrected chi connectivity index (χ1v) is 10.3. The Morgan fingerprint density at radius 3 is 2.52 bits per heavy atom. The topological polar surface area (TPSA) is 80.5 Å². The Bertz CT molecular complexity index is 865. The summed E-state index contributed by atoms with van der Waals surface area (Å²) < 4.78 is 22.9. The average molecular weight is 358 g/mol. The monoisotopic (exact) mass is 358 g/mol. The maximum atomic E-state index is 12.8. The minimum Gasteiger partial charge on any atom is -0.336 e. The van der Waals surface area contributed by atoms with Gasteiger partial charge in [0, 0.05) is 36.9 Å². The van der Waals surface area contributed by atoms with Crippen LogP contribution in [0.3, 0.4) is 0 Å². The van der Waals surface area contributed by atoms with Crippen molar-refractivity contribution in [3.8, 4) is 0 Å². The maximum absolute atomic E-state index is 12.8. The fourth-order valence-electron chi connectivity index (χ4n) is 3.33. The number of hydrogen-bond donors (Lipinski definition) is 1. The van der Waals surface area contributed by atoms with Crippen LogP contribution in [0.5, 0.6) is 0 Å². The summed E-state index contributed by atoms with van der Waals surface area (Å²) in [5.41, 5.74) is 8.52. The van der Waals surface area contributed by atoms with Crippen LogP contribution in [0.4, 0.5) is 0 Å². The lowest BCUT2D eigenvalue weighted by atomic mass is 9.95. The molecule has 132 valence electrons. The molecule has 1 fully saturated rings. The number of rotatable bonds is 4. The van der Waals surface area contributed by atoms with Gasteiger partial charge >= 0.3 is 0 Å². The molecule has 3 rings (SSSR count). The molecule has 0 aliphatic carbocycles. The van der Waals surface area contributed by atoms with Gasteiger partial charge in [0.15, 0.2) is 9.84 Å². The van der Waals surface area contributed by atoms with E-state index in [0.717, 1.165) is 5.56 Å². The summed E-state index contributed by atoms with van der Waals surface area (Å²) in [4.78, 5) is 14.6. The highest BCUT2D eigenvalue weighted by Gasteiger charge is 2.34. The zero-order valence-electron chi connectivity index (χ0n) is 14.1. The lowest BCUT2D eigenvalue weighted by molar-refractivity contribution is 0.0789. The van der Waals surface area contributed by atoms with Gasteiger partial charge in [-0.05, 0) is 23.3 Å². The molecule has 1 amide bonds. The van der Waals surface area contributed by atoms with Crippen molar-refractivity contribution in [2.24, 2.45) is 5.73 Å². The molecule has 0 radical (unpaired) electrons. The van der Waals surface area contributed by atoms with E-state index in [1.54, 1.807) is 29.2 Å². The predicted molar refractivity (Wildman–Crippen MR) is 98.1 cm³/mol. The smallest absolute Gasteiger partial charge is 0.253 e. The molecule has 1 aliphatic rings. The zero-order chi connectivity index (χ0) is 18.0. The molecule has 1 saturated heterocycles.